The van der Waals surface area contributed by atoms with E-state index < -0.39 is 0 Å². The molecule has 0 aromatic rings. The predicted molar refractivity (Wildman–Crippen MR) is 70.4 cm³/mol. The van der Waals surface area contributed by atoms with Crippen LogP contribution >= 0.6 is 0 Å². The van der Waals surface area contributed by atoms with E-state index in [2.05, 4.69) is 16.1 Å². The van der Waals surface area contributed by atoms with Crippen molar-refractivity contribution in [3.63, 3.8) is 0 Å². The third kappa shape index (κ3) is 11.2. The molecule has 0 bridgehead atoms. The minimum Gasteiger partial charge on any atom is -0.462 e. The number of hydrogen-bond acceptors (Lipinski definition) is 4. The van der Waals surface area contributed by atoms with Crippen molar-refractivity contribution in [2.45, 2.75) is 45.6 Å². The molecule has 1 heterocycles. The van der Waals surface area contributed by atoms with Crippen molar-refractivity contribution in [2.24, 2.45) is 11.7 Å². The van der Waals surface area contributed by atoms with Crippen LogP contribution in [-0.4, -0.2) is 25.2 Å². The van der Waals surface area contributed by atoms with Gasteiger partial charge in [0.05, 0.1) is 0 Å². The van der Waals surface area contributed by atoms with Crippen molar-refractivity contribution >= 4 is 6.47 Å². The maximum absolute atomic E-state index is 9.60. The Bertz CT molecular complexity index is 216. The first kappa shape index (κ1) is 16.0. The molecule has 1 saturated heterocycles. The van der Waals surface area contributed by atoms with Crippen molar-refractivity contribution in [1.29, 1.82) is 0 Å². The predicted octanol–water partition coefficient (Wildman–Crippen LogP) is 1.81. The van der Waals surface area contributed by atoms with E-state index in [4.69, 9.17) is 5.73 Å². The summed E-state index contributed by atoms with van der Waals surface area (Å²) >= 11 is 0. The summed E-state index contributed by atoms with van der Waals surface area (Å²) in [5.41, 5.74) is 4.93. The van der Waals surface area contributed by atoms with Gasteiger partial charge in [-0.15, -0.1) is 0 Å². The van der Waals surface area contributed by atoms with Gasteiger partial charge in [0, 0.05) is 0 Å². The largest absolute Gasteiger partial charge is 0.462 e. The van der Waals surface area contributed by atoms with Crippen LogP contribution in [0.15, 0.2) is 12.3 Å². The summed E-state index contributed by atoms with van der Waals surface area (Å²) in [7, 11) is 0. The second kappa shape index (κ2) is 9.05. The molecule has 0 spiro atoms. The first-order valence-electron chi connectivity index (χ1n) is 6.18. The number of carbonyl (C=O) groups excluding carboxylic acids is 1. The SMILES string of the molecule is CC(C)(C)OC=O.NC=CCC1CCNCC1. The molecule has 0 aromatic carbocycles. The highest BCUT2D eigenvalue weighted by Crippen LogP contribution is 2.15. The maximum Gasteiger partial charge on any atom is 0.293 e. The van der Waals surface area contributed by atoms with Gasteiger partial charge in [0.25, 0.3) is 6.47 Å². The summed E-state index contributed by atoms with van der Waals surface area (Å²) in [6, 6.07) is 0. The molecule has 0 amide bonds. The fraction of sp³-hybridized carbons (Fsp3) is 0.769. The van der Waals surface area contributed by atoms with Gasteiger partial charge in [-0.05, 0) is 65.2 Å². The number of ether oxygens (including phenoxy) is 1. The fourth-order valence-corrected chi connectivity index (χ4v) is 1.53. The molecule has 1 rings (SSSR count). The molecular formula is C13H26N2O2. The van der Waals surface area contributed by atoms with Gasteiger partial charge in [0.2, 0.25) is 0 Å². The molecule has 1 aliphatic heterocycles. The van der Waals surface area contributed by atoms with Crippen molar-refractivity contribution < 1.29 is 9.53 Å². The van der Waals surface area contributed by atoms with Gasteiger partial charge in [-0.2, -0.15) is 0 Å². The molecule has 1 aliphatic rings. The summed E-state index contributed by atoms with van der Waals surface area (Å²) in [5, 5.41) is 3.34. The zero-order chi connectivity index (χ0) is 13.1. The topological polar surface area (TPSA) is 64.3 Å². The maximum atomic E-state index is 9.60. The molecule has 3 N–H and O–H groups in total. The van der Waals surface area contributed by atoms with Crippen LogP contribution < -0.4 is 11.1 Å². The number of rotatable bonds is 3. The number of hydrogen-bond donors (Lipinski definition) is 2. The van der Waals surface area contributed by atoms with Gasteiger partial charge in [-0.25, -0.2) is 0 Å². The zero-order valence-corrected chi connectivity index (χ0v) is 11.2. The van der Waals surface area contributed by atoms with Gasteiger partial charge in [-0.1, -0.05) is 6.08 Å². The van der Waals surface area contributed by atoms with Gasteiger partial charge >= 0.3 is 0 Å². The second-order valence-electron chi connectivity index (χ2n) is 5.18. The van der Waals surface area contributed by atoms with E-state index in [9.17, 15) is 4.79 Å². The Morgan fingerprint density at radius 1 is 1.35 bits per heavy atom. The van der Waals surface area contributed by atoms with Gasteiger partial charge in [0.1, 0.15) is 5.60 Å². The minimum atomic E-state index is -0.318. The first-order valence-corrected chi connectivity index (χ1v) is 6.18. The molecule has 4 heteroatoms. The number of piperidine rings is 1. The van der Waals surface area contributed by atoms with Crippen LogP contribution in [0.3, 0.4) is 0 Å². The van der Waals surface area contributed by atoms with Crippen LogP contribution in [0.1, 0.15) is 40.0 Å². The quantitative estimate of drug-likeness (QED) is 0.741. The van der Waals surface area contributed by atoms with E-state index in [0.29, 0.717) is 6.47 Å². The van der Waals surface area contributed by atoms with Crippen molar-refractivity contribution in [2.75, 3.05) is 13.1 Å². The average molecular weight is 242 g/mol. The van der Waals surface area contributed by atoms with E-state index in [1.807, 2.05) is 20.8 Å². The molecule has 0 atom stereocenters. The minimum absolute atomic E-state index is 0.318. The molecule has 0 aliphatic carbocycles. The van der Waals surface area contributed by atoms with Crippen LogP contribution in [0.4, 0.5) is 0 Å². The molecule has 0 aromatic heterocycles. The lowest BCUT2D eigenvalue weighted by molar-refractivity contribution is -0.138. The molecular weight excluding hydrogens is 216 g/mol. The van der Waals surface area contributed by atoms with E-state index >= 15 is 0 Å². The Labute approximate surface area is 105 Å². The van der Waals surface area contributed by atoms with Crippen LogP contribution in [0.2, 0.25) is 0 Å². The summed E-state index contributed by atoms with van der Waals surface area (Å²) in [4.78, 5) is 9.60. The Kier molecular flexibility index (Phi) is 8.50. The van der Waals surface area contributed by atoms with Crippen LogP contribution in [0, 0.1) is 5.92 Å². The standard InChI is InChI=1S/C8H16N2.C5H10O2/c9-5-1-2-8-3-6-10-7-4-8;1-5(2,3)7-4-6/h1,5,8,10H,2-4,6-7,9H2;4H,1-3H3. The summed E-state index contributed by atoms with van der Waals surface area (Å²) in [6.45, 7) is 8.29. The third-order valence-electron chi connectivity index (χ3n) is 2.47. The number of nitrogens with two attached hydrogens (primary N) is 1. The van der Waals surface area contributed by atoms with Crippen LogP contribution in [0.25, 0.3) is 0 Å². The fourth-order valence-electron chi connectivity index (χ4n) is 1.53. The summed E-state index contributed by atoms with van der Waals surface area (Å²) in [6.07, 6.45) is 7.50. The number of carbonyl (C=O) groups is 1. The zero-order valence-electron chi connectivity index (χ0n) is 11.2. The Hall–Kier alpha value is -1.03. The molecule has 100 valence electrons. The Morgan fingerprint density at radius 3 is 2.29 bits per heavy atom. The monoisotopic (exact) mass is 242 g/mol. The molecule has 4 nitrogen and oxygen atoms in total. The normalized spacial score (nSPS) is 17.4. The lowest BCUT2D eigenvalue weighted by atomic mass is 9.95. The third-order valence-corrected chi connectivity index (χ3v) is 2.47. The van der Waals surface area contributed by atoms with E-state index in [0.717, 1.165) is 12.3 Å². The average Bonchev–Trinajstić information content (AvgIpc) is 2.27. The van der Waals surface area contributed by atoms with E-state index in [1.165, 1.54) is 25.9 Å². The van der Waals surface area contributed by atoms with Gasteiger partial charge in [-0.3, -0.25) is 4.79 Å². The molecule has 0 unspecified atom stereocenters. The summed E-state index contributed by atoms with van der Waals surface area (Å²) < 4.78 is 4.55. The van der Waals surface area contributed by atoms with Crippen molar-refractivity contribution in [1.82, 2.24) is 5.32 Å². The molecule has 0 radical (unpaired) electrons. The van der Waals surface area contributed by atoms with Gasteiger partial charge in [0.15, 0.2) is 0 Å². The van der Waals surface area contributed by atoms with E-state index in [-0.39, 0.29) is 5.60 Å². The molecule has 1 fully saturated rings. The summed E-state index contributed by atoms with van der Waals surface area (Å²) in [5.74, 6) is 0.876. The molecule has 17 heavy (non-hydrogen) atoms. The second-order valence-corrected chi connectivity index (χ2v) is 5.18. The van der Waals surface area contributed by atoms with Crippen molar-refractivity contribution in [3.8, 4) is 0 Å². The number of nitrogens with one attached hydrogen (secondary N) is 1. The Balaban J connectivity index is 0.000000325. The Morgan fingerprint density at radius 2 is 1.94 bits per heavy atom. The van der Waals surface area contributed by atoms with E-state index in [1.54, 1.807) is 6.20 Å². The van der Waals surface area contributed by atoms with Crippen molar-refractivity contribution in [3.05, 3.63) is 12.3 Å². The number of allylic oxidation sites excluding steroid dienone is 1. The van der Waals surface area contributed by atoms with Gasteiger partial charge < -0.3 is 15.8 Å². The highest BCUT2D eigenvalue weighted by atomic mass is 16.5. The molecule has 0 saturated carbocycles. The van der Waals surface area contributed by atoms with Crippen LogP contribution in [0.5, 0.6) is 0 Å². The lowest BCUT2D eigenvalue weighted by Gasteiger charge is -2.20. The first-order chi connectivity index (χ1) is 7.99. The highest BCUT2D eigenvalue weighted by molar-refractivity contribution is 5.37. The van der Waals surface area contributed by atoms with Crippen LogP contribution in [-0.2, 0) is 9.53 Å². The smallest absolute Gasteiger partial charge is 0.293 e. The highest BCUT2D eigenvalue weighted by Gasteiger charge is 2.10. The lowest BCUT2D eigenvalue weighted by Crippen LogP contribution is -2.27.